The van der Waals surface area contributed by atoms with Crippen LogP contribution in [0.1, 0.15) is 30.1 Å². The van der Waals surface area contributed by atoms with Gasteiger partial charge in [-0.1, -0.05) is 17.7 Å². The first-order valence-electron chi connectivity index (χ1n) is 5.18. The van der Waals surface area contributed by atoms with Crippen LogP contribution in [0.15, 0.2) is 18.2 Å². The molecule has 2 nitrogen and oxygen atoms in total. The van der Waals surface area contributed by atoms with Crippen molar-refractivity contribution in [3.05, 3.63) is 29.3 Å². The molecular formula is C12H17NO. The van der Waals surface area contributed by atoms with Crippen molar-refractivity contribution in [3.8, 4) is 0 Å². The normalized spacial score (nSPS) is 21.6. The van der Waals surface area contributed by atoms with Crippen LogP contribution in [0.5, 0.6) is 0 Å². The highest BCUT2D eigenvalue weighted by Crippen LogP contribution is 2.32. The van der Waals surface area contributed by atoms with Crippen LogP contribution >= 0.6 is 0 Å². The van der Waals surface area contributed by atoms with Gasteiger partial charge in [0.15, 0.2) is 0 Å². The minimum absolute atomic E-state index is 0.283. The summed E-state index contributed by atoms with van der Waals surface area (Å²) in [5.74, 6) is 0. The molecule has 0 radical (unpaired) electrons. The summed E-state index contributed by atoms with van der Waals surface area (Å²) in [7, 11) is 2.09. The van der Waals surface area contributed by atoms with E-state index in [0.717, 1.165) is 24.9 Å². The van der Waals surface area contributed by atoms with E-state index in [1.807, 2.05) is 0 Å². The van der Waals surface area contributed by atoms with Crippen LogP contribution in [0.25, 0.3) is 0 Å². The van der Waals surface area contributed by atoms with Crippen LogP contribution in [-0.2, 0) is 0 Å². The molecule has 0 aliphatic carbocycles. The highest BCUT2D eigenvalue weighted by atomic mass is 16.3. The molecule has 1 heterocycles. The molecule has 2 heteroatoms. The van der Waals surface area contributed by atoms with Crippen molar-refractivity contribution in [1.82, 2.24) is 0 Å². The number of hydrogen-bond acceptors (Lipinski definition) is 2. The highest BCUT2D eigenvalue weighted by Gasteiger charge is 2.18. The molecular weight excluding hydrogens is 174 g/mol. The zero-order valence-electron chi connectivity index (χ0n) is 8.83. The average Bonchev–Trinajstić information content (AvgIpc) is 2.28. The highest BCUT2D eigenvalue weighted by molar-refractivity contribution is 5.56. The van der Waals surface area contributed by atoms with Crippen molar-refractivity contribution < 1.29 is 5.11 Å². The fourth-order valence-electron chi connectivity index (χ4n) is 2.09. The van der Waals surface area contributed by atoms with Gasteiger partial charge in [0.2, 0.25) is 0 Å². The molecule has 1 N–H and O–H groups in total. The van der Waals surface area contributed by atoms with Gasteiger partial charge in [-0.15, -0.1) is 0 Å². The second-order valence-electron chi connectivity index (χ2n) is 4.14. The number of anilines is 1. The van der Waals surface area contributed by atoms with Gasteiger partial charge >= 0.3 is 0 Å². The molecule has 1 aromatic carbocycles. The summed E-state index contributed by atoms with van der Waals surface area (Å²) in [6, 6.07) is 6.31. The third kappa shape index (κ3) is 1.62. The van der Waals surface area contributed by atoms with E-state index in [0.29, 0.717) is 0 Å². The van der Waals surface area contributed by atoms with E-state index >= 15 is 0 Å². The predicted octanol–water partition coefficient (Wildman–Crippen LogP) is 2.26. The third-order valence-corrected chi connectivity index (χ3v) is 2.92. The van der Waals surface area contributed by atoms with Gasteiger partial charge in [0, 0.05) is 24.8 Å². The smallest absolute Gasteiger partial charge is 0.0810 e. The Morgan fingerprint density at radius 3 is 3.00 bits per heavy atom. The van der Waals surface area contributed by atoms with Gasteiger partial charge in [0.05, 0.1) is 6.10 Å². The Morgan fingerprint density at radius 1 is 1.43 bits per heavy atom. The molecule has 0 fully saturated rings. The predicted molar refractivity (Wildman–Crippen MR) is 58.6 cm³/mol. The number of aliphatic hydroxyl groups excluding tert-OH is 1. The summed E-state index contributed by atoms with van der Waals surface area (Å²) in [4.78, 5) is 2.23. The number of nitrogens with zero attached hydrogens (tertiary/aromatic N) is 1. The molecule has 14 heavy (non-hydrogen) atoms. The topological polar surface area (TPSA) is 23.5 Å². The first kappa shape index (κ1) is 9.53. The fraction of sp³-hybridized carbons (Fsp3) is 0.500. The van der Waals surface area contributed by atoms with Crippen LogP contribution < -0.4 is 4.90 Å². The quantitative estimate of drug-likeness (QED) is 0.680. The molecule has 0 spiro atoms. The van der Waals surface area contributed by atoms with E-state index in [9.17, 15) is 5.11 Å². The van der Waals surface area contributed by atoms with E-state index in [1.165, 1.54) is 11.3 Å². The molecule has 0 amide bonds. The molecule has 1 aliphatic heterocycles. The molecule has 1 aromatic rings. The monoisotopic (exact) mass is 191 g/mol. The Balaban J connectivity index is 2.48. The summed E-state index contributed by atoms with van der Waals surface area (Å²) in [6.07, 6.45) is 1.65. The van der Waals surface area contributed by atoms with E-state index < -0.39 is 0 Å². The minimum atomic E-state index is -0.283. The Bertz CT molecular complexity index is 335. The van der Waals surface area contributed by atoms with Crippen LogP contribution in [0.2, 0.25) is 0 Å². The number of aryl methyl sites for hydroxylation is 1. The fourth-order valence-corrected chi connectivity index (χ4v) is 2.09. The number of hydrogen-bond donors (Lipinski definition) is 1. The molecule has 1 unspecified atom stereocenters. The lowest BCUT2D eigenvalue weighted by Gasteiger charge is -2.20. The summed E-state index contributed by atoms with van der Waals surface area (Å²) in [5, 5.41) is 9.96. The molecule has 0 saturated carbocycles. The van der Waals surface area contributed by atoms with Gasteiger partial charge in [0.1, 0.15) is 0 Å². The Labute approximate surface area is 85.2 Å². The van der Waals surface area contributed by atoms with Gasteiger partial charge in [-0.3, -0.25) is 0 Å². The summed E-state index contributed by atoms with van der Waals surface area (Å²) in [5.41, 5.74) is 3.49. The van der Waals surface area contributed by atoms with Crippen LogP contribution in [0, 0.1) is 6.92 Å². The minimum Gasteiger partial charge on any atom is -0.388 e. The zero-order chi connectivity index (χ0) is 10.1. The van der Waals surface area contributed by atoms with Gasteiger partial charge in [-0.25, -0.2) is 0 Å². The maximum atomic E-state index is 9.96. The molecule has 0 saturated heterocycles. The molecule has 0 bridgehead atoms. The lowest BCUT2D eigenvalue weighted by molar-refractivity contribution is 0.168. The van der Waals surface area contributed by atoms with E-state index in [4.69, 9.17) is 0 Å². The van der Waals surface area contributed by atoms with Crippen molar-refractivity contribution in [2.45, 2.75) is 25.9 Å². The maximum Gasteiger partial charge on any atom is 0.0810 e. The number of fused-ring (bicyclic) bond motifs is 1. The van der Waals surface area contributed by atoms with Crippen molar-refractivity contribution >= 4 is 5.69 Å². The van der Waals surface area contributed by atoms with Gasteiger partial charge in [0.25, 0.3) is 0 Å². The average molecular weight is 191 g/mol. The van der Waals surface area contributed by atoms with E-state index in [1.54, 1.807) is 0 Å². The van der Waals surface area contributed by atoms with Crippen molar-refractivity contribution in [2.24, 2.45) is 0 Å². The maximum absolute atomic E-state index is 9.96. The van der Waals surface area contributed by atoms with E-state index in [2.05, 4.69) is 37.1 Å². The summed E-state index contributed by atoms with van der Waals surface area (Å²) in [6.45, 7) is 3.10. The molecule has 0 aromatic heterocycles. The number of benzene rings is 1. The Kier molecular flexibility index (Phi) is 2.46. The van der Waals surface area contributed by atoms with Crippen LogP contribution in [0.4, 0.5) is 5.69 Å². The molecule has 1 aliphatic rings. The van der Waals surface area contributed by atoms with Crippen molar-refractivity contribution in [2.75, 3.05) is 18.5 Å². The third-order valence-electron chi connectivity index (χ3n) is 2.92. The zero-order valence-corrected chi connectivity index (χ0v) is 8.83. The standard InChI is InChI=1S/C12H17NO/c1-9-5-6-11-10(8-9)12(14)4-3-7-13(11)2/h5-6,8,12,14H,3-4,7H2,1-2H3. The van der Waals surface area contributed by atoms with E-state index in [-0.39, 0.29) is 6.10 Å². The van der Waals surface area contributed by atoms with Crippen LogP contribution in [0.3, 0.4) is 0 Å². The SMILES string of the molecule is Cc1ccc2c(c1)C(O)CCCN2C. The first-order chi connectivity index (χ1) is 6.68. The largest absolute Gasteiger partial charge is 0.388 e. The van der Waals surface area contributed by atoms with Gasteiger partial charge in [-0.05, 0) is 25.8 Å². The number of rotatable bonds is 0. The summed E-state index contributed by atoms with van der Waals surface area (Å²) >= 11 is 0. The second kappa shape index (κ2) is 3.62. The molecule has 76 valence electrons. The van der Waals surface area contributed by atoms with Gasteiger partial charge in [-0.2, -0.15) is 0 Å². The Hall–Kier alpha value is -1.02. The van der Waals surface area contributed by atoms with Crippen LogP contribution in [-0.4, -0.2) is 18.7 Å². The van der Waals surface area contributed by atoms with Gasteiger partial charge < -0.3 is 10.0 Å². The van der Waals surface area contributed by atoms with Crippen molar-refractivity contribution in [1.29, 1.82) is 0 Å². The molecule has 1 atom stereocenters. The lowest BCUT2D eigenvalue weighted by Crippen LogP contribution is -2.17. The Morgan fingerprint density at radius 2 is 2.21 bits per heavy atom. The second-order valence-corrected chi connectivity index (χ2v) is 4.14. The van der Waals surface area contributed by atoms with Crippen molar-refractivity contribution in [3.63, 3.8) is 0 Å². The lowest BCUT2D eigenvalue weighted by atomic mass is 10.0. The molecule has 2 rings (SSSR count). The number of aliphatic hydroxyl groups is 1. The summed E-state index contributed by atoms with van der Waals surface area (Å²) < 4.78 is 0. The first-order valence-corrected chi connectivity index (χ1v) is 5.18.